The molecule has 24 atom stereocenters. The Labute approximate surface area is 318 Å². The summed E-state index contributed by atoms with van der Waals surface area (Å²) in [5.74, 6) is -0.857. The quantitative estimate of drug-likeness (QED) is 0.0766. The predicted molar refractivity (Wildman–Crippen MR) is 169 cm³/mol. The van der Waals surface area contributed by atoms with Gasteiger partial charge in [-0.15, -0.1) is 0 Å². The Hall–Kier alpha value is -1.49. The first-order valence-electron chi connectivity index (χ1n) is 18.3. The lowest BCUT2D eigenvalue weighted by molar-refractivity contribution is -0.538. The van der Waals surface area contributed by atoms with Crippen LogP contribution < -0.4 is 28.7 Å². The number of ether oxygens (including phenoxy) is 9. The van der Waals surface area contributed by atoms with Crippen molar-refractivity contribution in [1.29, 1.82) is 0 Å². The Morgan fingerprint density at radius 1 is 0.411 bits per heavy atom. The van der Waals surface area contributed by atoms with Crippen LogP contribution in [0.15, 0.2) is 0 Å². The van der Waals surface area contributed by atoms with Crippen LogP contribution in [0.25, 0.3) is 0 Å². The maximum Gasteiger partial charge on any atom is 0.368 e. The van der Waals surface area contributed by atoms with E-state index >= 15 is 0 Å². The van der Waals surface area contributed by atoms with Crippen LogP contribution in [0.2, 0.25) is 0 Å². The molecule has 0 unspecified atom stereocenters. The summed E-state index contributed by atoms with van der Waals surface area (Å²) in [6, 6.07) is -5.90. The first-order valence-corrected chi connectivity index (χ1v) is 18.3. The number of carbonyl (C=O) groups excluding carboxylic acids is 1. The highest BCUT2D eigenvalue weighted by atomic mass is 16.8. The summed E-state index contributed by atoms with van der Waals surface area (Å²) in [6.07, 6.45) is -26.8. The maximum absolute atomic E-state index is 12.0. The molecule has 0 aromatic carbocycles. The van der Waals surface area contributed by atoms with Gasteiger partial charge in [-0.25, -0.2) is 4.79 Å². The summed E-state index contributed by atoms with van der Waals surface area (Å²) in [6.45, 7) is -3.63. The third-order valence-corrected chi connectivity index (χ3v) is 11.0. The summed E-state index contributed by atoms with van der Waals surface area (Å²) in [5, 5.41) is 115. The molecule has 0 bridgehead atoms. The van der Waals surface area contributed by atoms with E-state index < -0.39 is 186 Å². The fourth-order valence-corrected chi connectivity index (χ4v) is 7.36. The zero-order chi connectivity index (χ0) is 41.3. The number of hydrogen-bond donors (Lipinski definition) is 16. The molecule has 5 aliphatic rings. The molecule has 0 spiro atoms. The molecule has 26 heteroatoms. The van der Waals surface area contributed by atoms with Gasteiger partial charge in [0.05, 0.1) is 33.0 Å². The van der Waals surface area contributed by atoms with Gasteiger partial charge in [-0.05, 0) is 0 Å². The minimum Gasteiger partial charge on any atom is -0.453 e. The van der Waals surface area contributed by atoms with E-state index in [2.05, 4.69) is 28.7 Å². The van der Waals surface area contributed by atoms with E-state index in [9.17, 15) is 61.0 Å². The molecule has 5 saturated heterocycles. The van der Waals surface area contributed by atoms with E-state index in [1.54, 1.807) is 0 Å². The summed E-state index contributed by atoms with van der Waals surface area (Å²) in [7, 11) is 0. The monoisotopic (exact) mass is 826 g/mol. The number of aliphatic hydroxyl groups excluding tert-OH is 11. The second-order valence-corrected chi connectivity index (χ2v) is 14.7. The van der Waals surface area contributed by atoms with E-state index in [0.29, 0.717) is 0 Å². The minimum absolute atomic E-state index is 0.664. The largest absolute Gasteiger partial charge is 0.453 e. The predicted octanol–water partition coefficient (Wildman–Crippen LogP) is -15.5. The number of esters is 1. The number of cyclic esters (lactones) is 1. The van der Waals surface area contributed by atoms with Crippen molar-refractivity contribution in [2.75, 3.05) is 33.0 Å². The van der Waals surface area contributed by atoms with Crippen molar-refractivity contribution in [1.82, 2.24) is 0 Å². The smallest absolute Gasteiger partial charge is 0.368 e. The van der Waals surface area contributed by atoms with Crippen LogP contribution in [0.4, 0.5) is 0 Å². The van der Waals surface area contributed by atoms with Gasteiger partial charge in [0.25, 0.3) is 0 Å². The molecule has 26 N–H and O–H groups in total. The van der Waals surface area contributed by atoms with Crippen LogP contribution in [0.3, 0.4) is 0 Å². The first-order chi connectivity index (χ1) is 26.5. The molecule has 0 aromatic rings. The standard InChI is InChI=1S/C30H55N5O21/c31-11-18(43)22(7(2-37)48-26(11)47)53-28-13(33)20(45)24(9(4-39)50-28)55-30-15(35)21(46)25(10(5-40)52-30)56-29-14(34)19(44)23(8(3-38)51-29)54-27-12(32)17(42)16(41)6(1-36)49-27/h6-25,27-30,36-46H,1-5,31-35H2/p+5/t6-,7-,8-,9-,10-,11-,12-,13-,14-,15-,16-,17-,18-,19-,20-,21-,22-,23-,24-,25-,27+,28+,29+,30+/m1/s1. The summed E-state index contributed by atoms with van der Waals surface area (Å²) < 4.78 is 51.9. The molecule has 0 radical (unpaired) electrons. The van der Waals surface area contributed by atoms with Crippen LogP contribution in [0, 0.1) is 0 Å². The highest BCUT2D eigenvalue weighted by molar-refractivity contribution is 5.76. The molecule has 0 saturated carbocycles. The Bertz CT molecular complexity index is 1260. The van der Waals surface area contributed by atoms with Crippen molar-refractivity contribution in [3.8, 4) is 0 Å². The normalized spacial score (nSPS) is 51.8. The molecule has 0 aromatic heterocycles. The van der Waals surface area contributed by atoms with Crippen molar-refractivity contribution in [3.05, 3.63) is 0 Å². The Kier molecular flexibility index (Phi) is 15.7. The van der Waals surface area contributed by atoms with Gasteiger partial charge < -0.3 is 127 Å². The molecule has 0 aliphatic carbocycles. The Morgan fingerprint density at radius 3 is 1.02 bits per heavy atom. The second-order valence-electron chi connectivity index (χ2n) is 14.7. The summed E-state index contributed by atoms with van der Waals surface area (Å²) >= 11 is 0. The zero-order valence-corrected chi connectivity index (χ0v) is 30.4. The average molecular weight is 827 g/mol. The molecule has 5 heterocycles. The van der Waals surface area contributed by atoms with Gasteiger partial charge >= 0.3 is 5.97 Å². The van der Waals surface area contributed by atoms with Gasteiger partial charge in [-0.1, -0.05) is 0 Å². The molecular weight excluding hydrogens is 766 g/mol. The van der Waals surface area contributed by atoms with Crippen LogP contribution in [-0.2, 0) is 47.4 Å². The topological polar surface area (TPSA) is 461 Å². The Balaban J connectivity index is 1.23. The molecule has 5 rings (SSSR count). The van der Waals surface area contributed by atoms with Gasteiger partial charge in [0.1, 0.15) is 85.5 Å². The summed E-state index contributed by atoms with van der Waals surface area (Å²) in [5.41, 5.74) is 19.0. The molecule has 26 nitrogen and oxygen atoms in total. The first kappa shape index (κ1) is 45.6. The summed E-state index contributed by atoms with van der Waals surface area (Å²) in [4.78, 5) is 12.0. The molecule has 326 valence electrons. The zero-order valence-electron chi connectivity index (χ0n) is 30.4. The molecule has 56 heavy (non-hydrogen) atoms. The average Bonchev–Trinajstić information content (AvgIpc) is 3.19. The van der Waals surface area contributed by atoms with Gasteiger partial charge in [0.2, 0.25) is 31.2 Å². The molecule has 5 fully saturated rings. The van der Waals surface area contributed by atoms with Gasteiger partial charge in [0, 0.05) is 0 Å². The number of carbonyl (C=O) groups is 1. The lowest BCUT2D eigenvalue weighted by atomic mass is 9.94. The van der Waals surface area contributed by atoms with Gasteiger partial charge in [0.15, 0.2) is 30.3 Å². The lowest BCUT2D eigenvalue weighted by Crippen LogP contribution is -2.83. The Morgan fingerprint density at radius 2 is 0.696 bits per heavy atom. The van der Waals surface area contributed by atoms with E-state index in [4.69, 9.17) is 42.6 Å². The van der Waals surface area contributed by atoms with Gasteiger partial charge in [-0.2, -0.15) is 0 Å². The fraction of sp³-hybridized carbons (Fsp3) is 0.967. The SMILES string of the molecule is [NH3+][C@H]1[C@H](O[C@H]2[C@H](O)[C@@H]([NH3+])[C@H](O[C@H]3[C@H](O)[C@@H]([NH3+])[C@H](O[C@H]4[C@H](O)[C@@H]([NH3+])[C@H](O[C@H]5[C@H](O)[C@@H]([NH3+])C(=O)O[C@@H]5CO)O[C@@H]4CO)O[C@@H]3CO)O[C@@H]2CO)O[C@H](CO)[C@@H](O)[C@@H]1O. The van der Waals surface area contributed by atoms with Crippen molar-refractivity contribution in [2.24, 2.45) is 0 Å². The van der Waals surface area contributed by atoms with E-state index in [0.717, 1.165) is 0 Å². The number of rotatable bonds is 13. The van der Waals surface area contributed by atoms with Crippen molar-refractivity contribution in [2.45, 2.75) is 147 Å². The van der Waals surface area contributed by atoms with Crippen molar-refractivity contribution in [3.63, 3.8) is 0 Å². The second kappa shape index (κ2) is 19.3. The highest BCUT2D eigenvalue weighted by Crippen LogP contribution is 2.33. The highest BCUT2D eigenvalue weighted by Gasteiger charge is 2.58. The molecule has 0 amide bonds. The van der Waals surface area contributed by atoms with Crippen LogP contribution in [0.5, 0.6) is 0 Å². The minimum atomic E-state index is -1.58. The fourth-order valence-electron chi connectivity index (χ4n) is 7.36. The van der Waals surface area contributed by atoms with Crippen molar-refractivity contribution < 1.29 is 132 Å². The van der Waals surface area contributed by atoms with E-state index in [-0.39, 0.29) is 0 Å². The van der Waals surface area contributed by atoms with Crippen LogP contribution >= 0.6 is 0 Å². The third kappa shape index (κ3) is 8.99. The number of quaternary nitrogens is 5. The number of hydrogen-bond acceptors (Lipinski definition) is 21. The van der Waals surface area contributed by atoms with E-state index in [1.807, 2.05) is 0 Å². The lowest BCUT2D eigenvalue weighted by Gasteiger charge is -2.48. The van der Waals surface area contributed by atoms with Crippen LogP contribution in [0.1, 0.15) is 0 Å². The molecule has 5 aliphatic heterocycles. The van der Waals surface area contributed by atoms with Crippen LogP contribution in [-0.4, -0.2) is 242 Å². The third-order valence-electron chi connectivity index (χ3n) is 11.0. The number of aliphatic hydroxyl groups is 11. The van der Waals surface area contributed by atoms with E-state index in [1.165, 1.54) is 0 Å². The maximum atomic E-state index is 12.0. The van der Waals surface area contributed by atoms with Crippen molar-refractivity contribution >= 4 is 5.97 Å². The molecular formula is C30H60N5O21+5. The van der Waals surface area contributed by atoms with Gasteiger partial charge in [-0.3, -0.25) is 0 Å².